The van der Waals surface area contributed by atoms with Gasteiger partial charge in [-0.25, -0.2) is 9.78 Å². The largest absolute Gasteiger partial charge is 0.480 e. The van der Waals surface area contributed by atoms with Gasteiger partial charge in [-0.3, -0.25) is 0 Å². The molecule has 5 heteroatoms. The molecule has 182 valence electrons. The zero-order valence-electron chi connectivity index (χ0n) is 21.3. The number of allylic oxidation sites excluding steroid dienone is 7. The molecule has 2 N–H and O–H groups in total. The van der Waals surface area contributed by atoms with Gasteiger partial charge >= 0.3 is 5.97 Å². The second-order valence-corrected chi connectivity index (χ2v) is 10.1. The maximum atomic E-state index is 11.7. The second-order valence-electron chi connectivity index (χ2n) is 9.00. The Labute approximate surface area is 205 Å². The van der Waals surface area contributed by atoms with Crippen molar-refractivity contribution in [2.75, 3.05) is 16.8 Å². The molecule has 1 atom stereocenters. The van der Waals surface area contributed by atoms with Crippen molar-refractivity contribution in [3.05, 3.63) is 70.5 Å². The molecular formula is C28H42N2O2S. The Morgan fingerprint density at radius 3 is 2.39 bits per heavy atom. The Bertz CT molecular complexity index is 860. The van der Waals surface area contributed by atoms with E-state index in [1.807, 2.05) is 19.1 Å². The number of carbonyl (C=O) groups is 1. The van der Waals surface area contributed by atoms with Crippen molar-refractivity contribution < 1.29 is 9.90 Å². The van der Waals surface area contributed by atoms with Crippen LogP contribution in [0.1, 0.15) is 72.3 Å². The van der Waals surface area contributed by atoms with Crippen LogP contribution in [0.3, 0.4) is 0 Å². The molecule has 0 aliphatic heterocycles. The molecule has 1 rings (SSSR count). The van der Waals surface area contributed by atoms with E-state index in [2.05, 4.69) is 69.2 Å². The van der Waals surface area contributed by atoms with Crippen LogP contribution in [0, 0.1) is 6.92 Å². The lowest BCUT2D eigenvalue weighted by Crippen LogP contribution is -2.32. The van der Waals surface area contributed by atoms with E-state index in [1.54, 1.807) is 18.0 Å². The van der Waals surface area contributed by atoms with Crippen molar-refractivity contribution in [1.29, 1.82) is 0 Å². The van der Waals surface area contributed by atoms with Gasteiger partial charge in [0.1, 0.15) is 11.9 Å². The second kappa shape index (κ2) is 16.4. The van der Waals surface area contributed by atoms with Gasteiger partial charge in [-0.1, -0.05) is 52.7 Å². The summed E-state index contributed by atoms with van der Waals surface area (Å²) in [6, 6.07) is 3.12. The SMILES string of the molecule is CC(C)=CCC/C(C)=C/CC/C(=C/CSCC(Nc1ncccc1C)C(=O)O)CC=C(C)C. The fourth-order valence-electron chi connectivity index (χ4n) is 3.16. The molecule has 1 unspecified atom stereocenters. The highest BCUT2D eigenvalue weighted by atomic mass is 32.2. The Hall–Kier alpha value is -2.27. The van der Waals surface area contributed by atoms with E-state index in [0.29, 0.717) is 11.6 Å². The third-order valence-corrected chi connectivity index (χ3v) is 6.19. The molecule has 0 amide bonds. The van der Waals surface area contributed by atoms with Crippen LogP contribution in [0.25, 0.3) is 0 Å². The van der Waals surface area contributed by atoms with E-state index in [4.69, 9.17) is 0 Å². The third kappa shape index (κ3) is 13.8. The average molecular weight is 471 g/mol. The molecule has 4 nitrogen and oxygen atoms in total. The summed E-state index contributed by atoms with van der Waals surface area (Å²) in [5.74, 6) is 1.08. The number of anilines is 1. The summed E-state index contributed by atoms with van der Waals surface area (Å²) in [6.07, 6.45) is 16.2. The van der Waals surface area contributed by atoms with Crippen LogP contribution in [0.4, 0.5) is 5.82 Å². The number of hydrogen-bond acceptors (Lipinski definition) is 4. The maximum absolute atomic E-state index is 11.7. The minimum atomic E-state index is -0.852. The third-order valence-electron chi connectivity index (χ3n) is 5.21. The van der Waals surface area contributed by atoms with Crippen molar-refractivity contribution >= 4 is 23.5 Å². The summed E-state index contributed by atoms with van der Waals surface area (Å²) in [7, 11) is 0. The molecule has 0 spiro atoms. The zero-order valence-corrected chi connectivity index (χ0v) is 22.1. The molecule has 0 radical (unpaired) electrons. The van der Waals surface area contributed by atoms with E-state index in [9.17, 15) is 9.90 Å². The van der Waals surface area contributed by atoms with Crippen molar-refractivity contribution in [2.24, 2.45) is 0 Å². The molecule has 0 aromatic carbocycles. The van der Waals surface area contributed by atoms with Crippen LogP contribution < -0.4 is 5.32 Å². The van der Waals surface area contributed by atoms with Crippen LogP contribution in [0.2, 0.25) is 0 Å². The van der Waals surface area contributed by atoms with Gasteiger partial charge in [-0.2, -0.15) is 11.8 Å². The highest BCUT2D eigenvalue weighted by molar-refractivity contribution is 7.99. The smallest absolute Gasteiger partial charge is 0.327 e. The van der Waals surface area contributed by atoms with Gasteiger partial charge in [0.15, 0.2) is 0 Å². The number of aryl methyl sites for hydroxylation is 1. The number of nitrogens with zero attached hydrogens (tertiary/aromatic N) is 1. The molecule has 0 bridgehead atoms. The topological polar surface area (TPSA) is 62.2 Å². The van der Waals surface area contributed by atoms with E-state index < -0.39 is 12.0 Å². The molecule has 1 aromatic rings. The van der Waals surface area contributed by atoms with Crippen molar-refractivity contribution in [3.63, 3.8) is 0 Å². The molecule has 0 saturated carbocycles. The number of rotatable bonds is 15. The quantitative estimate of drug-likeness (QED) is 0.203. The van der Waals surface area contributed by atoms with Crippen LogP contribution in [0.15, 0.2) is 64.9 Å². The van der Waals surface area contributed by atoms with Crippen molar-refractivity contribution in [2.45, 2.75) is 79.7 Å². The molecule has 0 saturated heterocycles. The van der Waals surface area contributed by atoms with Gasteiger partial charge in [0.25, 0.3) is 0 Å². The van der Waals surface area contributed by atoms with Crippen LogP contribution >= 0.6 is 11.8 Å². The van der Waals surface area contributed by atoms with Crippen LogP contribution in [0.5, 0.6) is 0 Å². The normalized spacial score (nSPS) is 12.8. The number of thioether (sulfide) groups is 1. The summed E-state index contributed by atoms with van der Waals surface area (Å²) in [4.78, 5) is 16.0. The van der Waals surface area contributed by atoms with Crippen molar-refractivity contribution in [3.8, 4) is 0 Å². The minimum Gasteiger partial charge on any atom is -0.480 e. The number of aromatic nitrogens is 1. The van der Waals surface area contributed by atoms with Gasteiger partial charge < -0.3 is 10.4 Å². The zero-order chi connectivity index (χ0) is 24.6. The average Bonchev–Trinajstić information content (AvgIpc) is 2.74. The molecule has 0 aliphatic rings. The van der Waals surface area contributed by atoms with E-state index in [-0.39, 0.29) is 0 Å². The lowest BCUT2D eigenvalue weighted by molar-refractivity contribution is -0.137. The summed E-state index contributed by atoms with van der Waals surface area (Å²) >= 11 is 1.64. The van der Waals surface area contributed by atoms with Crippen molar-refractivity contribution in [1.82, 2.24) is 4.98 Å². The Kier molecular flexibility index (Phi) is 14.3. The number of carboxylic acid groups (broad SMARTS) is 1. The predicted molar refractivity (Wildman–Crippen MR) is 145 cm³/mol. The predicted octanol–water partition coefficient (Wildman–Crippen LogP) is 7.74. The Morgan fingerprint density at radius 1 is 1.06 bits per heavy atom. The summed E-state index contributed by atoms with van der Waals surface area (Å²) in [6.45, 7) is 12.7. The van der Waals surface area contributed by atoms with Gasteiger partial charge in [0, 0.05) is 17.7 Å². The number of nitrogens with one attached hydrogen (secondary N) is 1. The van der Waals surface area contributed by atoms with Crippen LogP contribution in [-0.4, -0.2) is 33.6 Å². The van der Waals surface area contributed by atoms with E-state index in [1.165, 1.54) is 22.3 Å². The molecule has 33 heavy (non-hydrogen) atoms. The highest BCUT2D eigenvalue weighted by Gasteiger charge is 2.18. The molecule has 1 heterocycles. The fraction of sp³-hybridized carbons (Fsp3) is 0.500. The fourth-order valence-corrected chi connectivity index (χ4v) is 4.11. The van der Waals surface area contributed by atoms with Gasteiger partial charge in [-0.05, 0) is 85.3 Å². The van der Waals surface area contributed by atoms with Gasteiger partial charge in [0.2, 0.25) is 0 Å². The number of pyridine rings is 1. The lowest BCUT2D eigenvalue weighted by Gasteiger charge is -2.16. The van der Waals surface area contributed by atoms with E-state index in [0.717, 1.165) is 43.4 Å². The standard InChI is InChI=1S/C28H42N2O2S/c1-21(2)10-7-11-23(5)12-8-14-25(16-15-22(3)4)17-19-33-20-26(28(31)32)30-27-24(6)13-9-18-29-27/h9-10,12-13,15,17-18,26H,7-8,11,14,16,19-20H2,1-6H3,(H,29,30)(H,31,32)/b23-12+,25-17-. The molecule has 1 aromatic heterocycles. The number of hydrogen-bond donors (Lipinski definition) is 2. The van der Waals surface area contributed by atoms with Crippen LogP contribution in [-0.2, 0) is 4.79 Å². The number of carboxylic acids is 1. The van der Waals surface area contributed by atoms with Gasteiger partial charge in [-0.15, -0.1) is 0 Å². The lowest BCUT2D eigenvalue weighted by atomic mass is 10.0. The Balaban J connectivity index is 2.62. The Morgan fingerprint density at radius 2 is 1.76 bits per heavy atom. The highest BCUT2D eigenvalue weighted by Crippen LogP contribution is 2.18. The molecule has 0 aliphatic carbocycles. The molecular weight excluding hydrogens is 428 g/mol. The first-order valence-electron chi connectivity index (χ1n) is 11.8. The summed E-state index contributed by atoms with van der Waals surface area (Å²) in [5.41, 5.74) is 6.51. The minimum absolute atomic E-state index is 0.487. The summed E-state index contributed by atoms with van der Waals surface area (Å²) < 4.78 is 0. The molecule has 0 fully saturated rings. The first kappa shape index (κ1) is 28.8. The number of aliphatic carboxylic acids is 1. The maximum Gasteiger partial charge on any atom is 0.327 e. The summed E-state index contributed by atoms with van der Waals surface area (Å²) in [5, 5.41) is 12.7. The van der Waals surface area contributed by atoms with E-state index >= 15 is 0 Å². The first-order chi connectivity index (χ1) is 15.7. The van der Waals surface area contributed by atoms with Gasteiger partial charge in [0.05, 0.1) is 0 Å². The monoisotopic (exact) mass is 470 g/mol. The first-order valence-corrected chi connectivity index (χ1v) is 12.9.